The number of carbonyl (C=O) groups excluding carboxylic acids is 1. The van der Waals surface area contributed by atoms with Gasteiger partial charge in [0.05, 0.1) is 0 Å². The van der Waals surface area contributed by atoms with Gasteiger partial charge >= 0.3 is 6.18 Å². The first kappa shape index (κ1) is 13.2. The number of thiol groups is 1. The van der Waals surface area contributed by atoms with Crippen molar-refractivity contribution in [1.29, 1.82) is 0 Å². The summed E-state index contributed by atoms with van der Waals surface area (Å²) in [5.41, 5.74) is -0.984. The number of amides is 1. The highest BCUT2D eigenvalue weighted by Crippen LogP contribution is 2.30. The Bertz CT molecular complexity index is 464. The highest BCUT2D eigenvalue weighted by atomic mass is 32.1. The van der Waals surface area contributed by atoms with Crippen LogP contribution in [0.3, 0.4) is 0 Å². The third kappa shape index (κ3) is 2.60. The highest BCUT2D eigenvalue weighted by molar-refractivity contribution is 7.80. The molecule has 0 radical (unpaired) electrons. The van der Waals surface area contributed by atoms with Crippen molar-refractivity contribution in [3.63, 3.8) is 0 Å². The molecule has 1 aromatic heterocycles. The average Bonchev–Trinajstić information content (AvgIpc) is 2.70. The van der Waals surface area contributed by atoms with E-state index in [1.165, 1.54) is 17.0 Å². The molecule has 2 rings (SSSR count). The number of rotatable bonds is 2. The molecule has 98 valence electrons. The Morgan fingerprint density at radius 1 is 1.44 bits per heavy atom. The first-order valence-corrected chi connectivity index (χ1v) is 6.00. The molecule has 1 fully saturated rings. The van der Waals surface area contributed by atoms with Crippen LogP contribution in [-0.2, 0) is 11.0 Å². The van der Waals surface area contributed by atoms with Gasteiger partial charge in [0, 0.05) is 13.0 Å². The molecule has 1 unspecified atom stereocenters. The molecule has 1 aromatic rings. The summed E-state index contributed by atoms with van der Waals surface area (Å²) >= 11 is 4.10. The van der Waals surface area contributed by atoms with E-state index in [1.54, 1.807) is 0 Å². The maximum atomic E-state index is 12.5. The maximum Gasteiger partial charge on any atom is 0.433 e. The average molecular weight is 276 g/mol. The van der Waals surface area contributed by atoms with Crippen molar-refractivity contribution >= 4 is 24.4 Å². The Labute approximate surface area is 107 Å². The number of hydrogen-bond acceptors (Lipinski definition) is 3. The van der Waals surface area contributed by atoms with Crippen molar-refractivity contribution in [2.24, 2.45) is 5.92 Å². The number of hydrogen-bond donors (Lipinski definition) is 1. The lowest BCUT2D eigenvalue weighted by Crippen LogP contribution is -2.26. The minimum Gasteiger partial charge on any atom is -0.296 e. The van der Waals surface area contributed by atoms with Gasteiger partial charge in [-0.3, -0.25) is 9.69 Å². The van der Waals surface area contributed by atoms with Gasteiger partial charge in [0.15, 0.2) is 0 Å². The normalized spacial score (nSPS) is 20.6. The fourth-order valence-corrected chi connectivity index (χ4v) is 2.10. The van der Waals surface area contributed by atoms with E-state index in [-0.39, 0.29) is 17.6 Å². The largest absolute Gasteiger partial charge is 0.433 e. The summed E-state index contributed by atoms with van der Waals surface area (Å²) in [6, 6.07) is 3.56. The van der Waals surface area contributed by atoms with Gasteiger partial charge in [0.25, 0.3) is 0 Å². The molecule has 0 aliphatic carbocycles. The molecule has 0 bridgehead atoms. The second-order valence-corrected chi connectivity index (χ2v) is 4.50. The van der Waals surface area contributed by atoms with Gasteiger partial charge in [-0.2, -0.15) is 25.8 Å². The minimum absolute atomic E-state index is 0.0547. The van der Waals surface area contributed by atoms with Crippen LogP contribution in [0.4, 0.5) is 19.0 Å². The smallest absolute Gasteiger partial charge is 0.296 e. The number of aromatic nitrogens is 1. The summed E-state index contributed by atoms with van der Waals surface area (Å²) in [4.78, 5) is 16.5. The summed E-state index contributed by atoms with van der Waals surface area (Å²) in [5, 5.41) is 0. The predicted molar refractivity (Wildman–Crippen MR) is 63.6 cm³/mol. The van der Waals surface area contributed by atoms with Crippen LogP contribution < -0.4 is 4.90 Å². The first-order valence-electron chi connectivity index (χ1n) is 5.37. The van der Waals surface area contributed by atoms with E-state index in [9.17, 15) is 18.0 Å². The highest BCUT2D eigenvalue weighted by Gasteiger charge is 2.35. The second-order valence-electron chi connectivity index (χ2n) is 4.14. The van der Waals surface area contributed by atoms with E-state index in [4.69, 9.17) is 0 Å². The molecule has 18 heavy (non-hydrogen) atoms. The van der Waals surface area contributed by atoms with Crippen molar-refractivity contribution in [2.75, 3.05) is 17.2 Å². The van der Waals surface area contributed by atoms with Crippen LogP contribution in [0.2, 0.25) is 0 Å². The van der Waals surface area contributed by atoms with Crippen molar-refractivity contribution in [2.45, 2.75) is 12.6 Å². The van der Waals surface area contributed by atoms with Gasteiger partial charge in [-0.25, -0.2) is 4.98 Å². The maximum absolute atomic E-state index is 12.5. The quantitative estimate of drug-likeness (QED) is 0.841. The van der Waals surface area contributed by atoms with Crippen LogP contribution in [0.5, 0.6) is 0 Å². The van der Waals surface area contributed by atoms with Crippen molar-refractivity contribution in [3.05, 3.63) is 23.9 Å². The summed E-state index contributed by atoms with van der Waals surface area (Å²) in [6.07, 6.45) is -4.19. The number of anilines is 1. The van der Waals surface area contributed by atoms with Crippen LogP contribution in [0.25, 0.3) is 0 Å². The Morgan fingerprint density at radius 3 is 2.72 bits per heavy atom. The fraction of sp³-hybridized carbons (Fsp3) is 0.455. The molecule has 1 saturated heterocycles. The minimum atomic E-state index is -4.50. The topological polar surface area (TPSA) is 33.2 Å². The number of halogens is 3. The molecule has 0 saturated carbocycles. The molecule has 3 nitrogen and oxygen atoms in total. The molecule has 0 aromatic carbocycles. The molecular weight excluding hydrogens is 265 g/mol. The number of nitrogens with zero attached hydrogens (tertiary/aromatic N) is 2. The van der Waals surface area contributed by atoms with E-state index in [0.717, 1.165) is 6.07 Å². The Hall–Kier alpha value is -1.24. The Morgan fingerprint density at radius 2 is 2.17 bits per heavy atom. The van der Waals surface area contributed by atoms with E-state index >= 15 is 0 Å². The van der Waals surface area contributed by atoms with Gasteiger partial charge in [-0.15, -0.1) is 0 Å². The van der Waals surface area contributed by atoms with Crippen LogP contribution in [0.15, 0.2) is 18.2 Å². The molecule has 0 spiro atoms. The van der Waals surface area contributed by atoms with Crippen LogP contribution in [0, 0.1) is 5.92 Å². The molecule has 1 amide bonds. The fourth-order valence-electron chi connectivity index (χ4n) is 1.86. The number of pyridine rings is 1. The van der Waals surface area contributed by atoms with Crippen LogP contribution in [0.1, 0.15) is 12.1 Å². The lowest BCUT2D eigenvalue weighted by molar-refractivity contribution is -0.141. The van der Waals surface area contributed by atoms with Gasteiger partial charge in [-0.05, 0) is 23.8 Å². The molecule has 1 aliphatic heterocycles. The summed E-state index contributed by atoms with van der Waals surface area (Å²) in [6.45, 7) is 0.372. The van der Waals surface area contributed by atoms with Crippen molar-refractivity contribution < 1.29 is 18.0 Å². The number of alkyl halides is 3. The molecular formula is C11H11F3N2OS. The SMILES string of the molecule is O=C1CC(CS)CN1c1cccc(C(F)(F)F)n1. The molecule has 2 heterocycles. The third-order valence-corrected chi connectivity index (χ3v) is 3.28. The monoisotopic (exact) mass is 276 g/mol. The first-order chi connectivity index (χ1) is 8.41. The van der Waals surface area contributed by atoms with Gasteiger partial charge in [-0.1, -0.05) is 6.07 Å². The van der Waals surface area contributed by atoms with Crippen LogP contribution in [-0.4, -0.2) is 23.2 Å². The number of carbonyl (C=O) groups is 1. The van der Waals surface area contributed by atoms with Gasteiger partial charge < -0.3 is 0 Å². The zero-order chi connectivity index (χ0) is 13.3. The summed E-state index contributed by atoms with van der Waals surface area (Å²) < 4.78 is 37.5. The zero-order valence-corrected chi connectivity index (χ0v) is 10.2. The molecule has 0 N–H and O–H groups in total. The second kappa shape index (κ2) is 4.79. The van der Waals surface area contributed by atoms with E-state index < -0.39 is 11.9 Å². The van der Waals surface area contributed by atoms with E-state index in [0.29, 0.717) is 18.7 Å². The predicted octanol–water partition coefficient (Wildman–Crippen LogP) is 2.38. The summed E-state index contributed by atoms with van der Waals surface area (Å²) in [5.74, 6) is 0.443. The van der Waals surface area contributed by atoms with Crippen molar-refractivity contribution in [1.82, 2.24) is 4.98 Å². The standard InChI is InChI=1S/C11H11F3N2OS/c12-11(13,14)8-2-1-3-9(15-8)16-5-7(6-18)4-10(16)17/h1-3,7,18H,4-6H2. The molecule has 1 aliphatic rings. The Kier molecular flexibility index (Phi) is 3.52. The zero-order valence-electron chi connectivity index (χ0n) is 9.31. The van der Waals surface area contributed by atoms with E-state index in [1.807, 2.05) is 0 Å². The van der Waals surface area contributed by atoms with Gasteiger partial charge in [0.2, 0.25) is 5.91 Å². The Balaban J connectivity index is 2.27. The third-order valence-electron chi connectivity index (χ3n) is 2.76. The molecule has 7 heteroatoms. The summed E-state index contributed by atoms with van der Waals surface area (Å²) in [7, 11) is 0. The lowest BCUT2D eigenvalue weighted by atomic mass is 10.1. The van der Waals surface area contributed by atoms with Crippen molar-refractivity contribution in [3.8, 4) is 0 Å². The van der Waals surface area contributed by atoms with E-state index in [2.05, 4.69) is 17.6 Å². The van der Waals surface area contributed by atoms with Gasteiger partial charge in [0.1, 0.15) is 11.5 Å². The molecule has 1 atom stereocenters. The van der Waals surface area contributed by atoms with Crippen LogP contribution >= 0.6 is 12.6 Å². The lowest BCUT2D eigenvalue weighted by Gasteiger charge is -2.16.